The smallest absolute Gasteiger partial charge is 0.369 e. The molecule has 2 aliphatic heterocycles. The predicted molar refractivity (Wildman–Crippen MR) is 122 cm³/mol. The van der Waals surface area contributed by atoms with E-state index in [0.29, 0.717) is 25.2 Å². The topological polar surface area (TPSA) is 60.9 Å². The van der Waals surface area contributed by atoms with Crippen LogP contribution in [-0.2, 0) is 27.4 Å². The van der Waals surface area contributed by atoms with Gasteiger partial charge >= 0.3 is 6.18 Å². The van der Waals surface area contributed by atoms with E-state index in [0.717, 1.165) is 36.2 Å². The number of rotatable bonds is 4. The molecule has 0 bridgehead atoms. The molecule has 34 heavy (non-hydrogen) atoms. The van der Waals surface area contributed by atoms with Crippen LogP contribution in [0.25, 0.3) is 0 Å². The Balaban J connectivity index is 1.30. The molecule has 2 aromatic carbocycles. The fraction of sp³-hybridized carbons (Fsp3) is 0.458. The third-order valence-electron chi connectivity index (χ3n) is 6.85. The van der Waals surface area contributed by atoms with Crippen LogP contribution in [0.5, 0.6) is 0 Å². The highest BCUT2D eigenvalue weighted by Crippen LogP contribution is 2.40. The Bertz CT molecular complexity index is 1220. The van der Waals surface area contributed by atoms with Crippen molar-refractivity contribution in [1.82, 2.24) is 4.31 Å². The minimum atomic E-state index is -4.43. The van der Waals surface area contributed by atoms with Gasteiger partial charge in [0.1, 0.15) is 0 Å². The van der Waals surface area contributed by atoms with Gasteiger partial charge in [0, 0.05) is 49.5 Å². The van der Waals surface area contributed by atoms with Gasteiger partial charge in [-0.2, -0.15) is 17.5 Å². The van der Waals surface area contributed by atoms with Crippen LogP contribution in [-0.4, -0.2) is 50.9 Å². The molecule has 1 amide bonds. The monoisotopic (exact) mass is 493 g/mol. The van der Waals surface area contributed by atoms with E-state index in [1.54, 1.807) is 34.1 Å². The first-order chi connectivity index (χ1) is 16.1. The van der Waals surface area contributed by atoms with Crippen LogP contribution >= 0.6 is 0 Å². The maximum Gasteiger partial charge on any atom is 0.416 e. The number of nitrogens with zero attached hydrogens (tertiary/aromatic N) is 3. The van der Waals surface area contributed by atoms with Gasteiger partial charge in [-0.25, -0.2) is 8.42 Å². The number of sulfonamides is 1. The predicted octanol–water partition coefficient (Wildman–Crippen LogP) is 3.90. The average Bonchev–Trinajstić information content (AvgIpc) is 3.60. The molecule has 2 fully saturated rings. The number of carbonyl (C=O) groups is 1. The Morgan fingerprint density at radius 3 is 2.35 bits per heavy atom. The number of carbonyl (C=O) groups excluding carboxylic acids is 1. The molecule has 1 atom stereocenters. The molecule has 6 nitrogen and oxygen atoms in total. The molecule has 10 heteroatoms. The van der Waals surface area contributed by atoms with Gasteiger partial charge in [0.15, 0.2) is 0 Å². The molecule has 1 saturated heterocycles. The Morgan fingerprint density at radius 1 is 1.00 bits per heavy atom. The molecular formula is C24H26F3N3O3S. The Labute approximate surface area is 197 Å². The van der Waals surface area contributed by atoms with E-state index in [2.05, 4.69) is 0 Å². The lowest BCUT2D eigenvalue weighted by Crippen LogP contribution is -2.48. The van der Waals surface area contributed by atoms with Crippen molar-refractivity contribution < 1.29 is 26.4 Å². The zero-order chi connectivity index (χ0) is 24.3. The minimum Gasteiger partial charge on any atom is -0.369 e. The zero-order valence-corrected chi connectivity index (χ0v) is 19.6. The third kappa shape index (κ3) is 4.17. The maximum atomic E-state index is 13.3. The number of anilines is 2. The second-order valence-corrected chi connectivity index (χ2v) is 11.2. The number of alkyl halides is 3. The van der Waals surface area contributed by atoms with Crippen molar-refractivity contribution in [2.24, 2.45) is 5.92 Å². The summed E-state index contributed by atoms with van der Waals surface area (Å²) in [5.74, 6) is 0.206. The van der Waals surface area contributed by atoms with Crippen LogP contribution in [0.2, 0.25) is 0 Å². The van der Waals surface area contributed by atoms with Gasteiger partial charge in [-0.3, -0.25) is 4.79 Å². The summed E-state index contributed by atoms with van der Waals surface area (Å²) < 4.78 is 67.1. The lowest BCUT2D eigenvalue weighted by atomic mass is 10.1. The highest BCUT2D eigenvalue weighted by atomic mass is 32.2. The highest BCUT2D eigenvalue weighted by Gasteiger charge is 2.40. The van der Waals surface area contributed by atoms with E-state index in [-0.39, 0.29) is 35.9 Å². The van der Waals surface area contributed by atoms with Crippen LogP contribution < -0.4 is 9.80 Å². The summed E-state index contributed by atoms with van der Waals surface area (Å²) in [6, 6.07) is 10.0. The number of amides is 1. The van der Waals surface area contributed by atoms with Gasteiger partial charge < -0.3 is 9.80 Å². The molecule has 0 spiro atoms. The third-order valence-corrected chi connectivity index (χ3v) is 8.74. The molecule has 0 radical (unpaired) electrons. The molecule has 5 rings (SSSR count). The molecule has 2 aromatic rings. The van der Waals surface area contributed by atoms with E-state index >= 15 is 0 Å². The molecule has 0 unspecified atom stereocenters. The minimum absolute atomic E-state index is 0.00272. The van der Waals surface area contributed by atoms with E-state index in [9.17, 15) is 26.4 Å². The van der Waals surface area contributed by atoms with Crippen LogP contribution in [0.15, 0.2) is 47.4 Å². The first-order valence-corrected chi connectivity index (χ1v) is 12.9. The molecule has 1 aliphatic carbocycles. The van der Waals surface area contributed by atoms with Crippen LogP contribution in [0.3, 0.4) is 0 Å². The summed E-state index contributed by atoms with van der Waals surface area (Å²) in [6.07, 6.45) is -1.99. The second kappa shape index (κ2) is 8.27. The normalized spacial score (nSPS) is 21.6. The lowest BCUT2D eigenvalue weighted by Gasteiger charge is -2.35. The van der Waals surface area contributed by atoms with Crippen molar-refractivity contribution in [1.29, 1.82) is 0 Å². The van der Waals surface area contributed by atoms with Gasteiger partial charge in [0.2, 0.25) is 15.9 Å². The van der Waals surface area contributed by atoms with Crippen molar-refractivity contribution in [3.05, 3.63) is 53.6 Å². The van der Waals surface area contributed by atoms with Gasteiger partial charge in [0.05, 0.1) is 10.5 Å². The lowest BCUT2D eigenvalue weighted by molar-refractivity contribution is -0.137. The number of fused-ring (bicyclic) bond motifs is 1. The standard InChI is InChI=1S/C24H26F3N3O3S/c1-16-13-18-14-21(7-8-22(18)30(16)23(31)17-5-6-17)34(32,33)29-11-9-28(10-12-29)20-4-2-3-19(15-20)24(25,26)27/h2-4,7-8,14-17H,5-6,9-13H2,1H3/t16-/m1/s1. The molecule has 182 valence electrons. The molecule has 2 heterocycles. The van der Waals surface area contributed by atoms with Gasteiger partial charge in [-0.05, 0) is 68.1 Å². The van der Waals surface area contributed by atoms with E-state index in [1.165, 1.54) is 10.4 Å². The molecular weight excluding hydrogens is 467 g/mol. The molecule has 1 saturated carbocycles. The molecule has 3 aliphatic rings. The zero-order valence-electron chi connectivity index (χ0n) is 18.8. The number of hydrogen-bond acceptors (Lipinski definition) is 4. The molecule has 0 N–H and O–H groups in total. The quantitative estimate of drug-likeness (QED) is 0.648. The summed E-state index contributed by atoms with van der Waals surface area (Å²) in [7, 11) is -3.76. The number of piperazine rings is 1. The largest absolute Gasteiger partial charge is 0.416 e. The van der Waals surface area contributed by atoms with Gasteiger partial charge in [-0.15, -0.1) is 0 Å². The van der Waals surface area contributed by atoms with Crippen molar-refractivity contribution in [3.63, 3.8) is 0 Å². The maximum absolute atomic E-state index is 13.3. The SMILES string of the molecule is C[C@@H]1Cc2cc(S(=O)(=O)N3CCN(c4cccc(C(F)(F)F)c4)CC3)ccc2N1C(=O)C1CC1. The second-order valence-electron chi connectivity index (χ2n) is 9.27. The van der Waals surface area contributed by atoms with Crippen LogP contribution in [0, 0.1) is 5.92 Å². The van der Waals surface area contributed by atoms with E-state index in [1.807, 2.05) is 6.92 Å². The van der Waals surface area contributed by atoms with Crippen molar-refractivity contribution in [3.8, 4) is 0 Å². The van der Waals surface area contributed by atoms with Gasteiger partial charge in [-0.1, -0.05) is 6.07 Å². The van der Waals surface area contributed by atoms with E-state index in [4.69, 9.17) is 0 Å². The highest BCUT2D eigenvalue weighted by molar-refractivity contribution is 7.89. The van der Waals surface area contributed by atoms with Gasteiger partial charge in [0.25, 0.3) is 0 Å². The summed E-state index contributed by atoms with van der Waals surface area (Å²) in [6.45, 7) is 2.93. The Hall–Kier alpha value is -2.59. The average molecular weight is 494 g/mol. The summed E-state index contributed by atoms with van der Waals surface area (Å²) in [4.78, 5) is 16.4. The summed E-state index contributed by atoms with van der Waals surface area (Å²) in [5, 5.41) is 0. The fourth-order valence-electron chi connectivity index (χ4n) is 4.85. The number of halogens is 3. The van der Waals surface area contributed by atoms with E-state index < -0.39 is 21.8 Å². The van der Waals surface area contributed by atoms with Crippen molar-refractivity contribution >= 4 is 27.3 Å². The summed E-state index contributed by atoms with van der Waals surface area (Å²) >= 11 is 0. The first-order valence-electron chi connectivity index (χ1n) is 11.4. The Morgan fingerprint density at radius 2 is 1.71 bits per heavy atom. The van der Waals surface area contributed by atoms with Crippen molar-refractivity contribution in [2.75, 3.05) is 36.0 Å². The van der Waals surface area contributed by atoms with Crippen LogP contribution in [0.1, 0.15) is 30.9 Å². The van der Waals surface area contributed by atoms with Crippen molar-refractivity contribution in [2.45, 2.75) is 43.3 Å². The number of benzene rings is 2. The fourth-order valence-corrected chi connectivity index (χ4v) is 6.32. The first kappa shape index (κ1) is 23.2. The molecule has 0 aromatic heterocycles. The summed E-state index contributed by atoms with van der Waals surface area (Å²) in [5.41, 5.74) is 1.35. The van der Waals surface area contributed by atoms with Crippen LogP contribution in [0.4, 0.5) is 24.5 Å². The number of hydrogen-bond donors (Lipinski definition) is 0. The Kier molecular flexibility index (Phi) is 5.63.